The molecular weight excluding hydrogens is 364 g/mol. The Morgan fingerprint density at radius 1 is 1.36 bits per heavy atom. The van der Waals surface area contributed by atoms with Crippen molar-refractivity contribution in [2.24, 2.45) is 0 Å². The molecule has 0 spiro atoms. The molecule has 3 rings (SSSR count). The van der Waals surface area contributed by atoms with Crippen molar-refractivity contribution >= 4 is 46.0 Å². The zero-order valence-electron chi connectivity index (χ0n) is 12.7. The van der Waals surface area contributed by atoms with Crippen molar-refractivity contribution in [2.45, 2.75) is 6.54 Å². The zero-order chi connectivity index (χ0) is 18.0. The normalized spacial score (nSPS) is 10.6. The van der Waals surface area contributed by atoms with Crippen molar-refractivity contribution in [3.63, 3.8) is 0 Å². The average Bonchev–Trinajstić information content (AvgIpc) is 3.19. The predicted molar refractivity (Wildman–Crippen MR) is 96.2 cm³/mol. The highest BCUT2D eigenvalue weighted by molar-refractivity contribution is 7.71. The van der Waals surface area contributed by atoms with Gasteiger partial charge < -0.3 is 5.73 Å². The first kappa shape index (κ1) is 16.8. The first-order chi connectivity index (χ1) is 12.0. The Morgan fingerprint density at radius 2 is 2.08 bits per heavy atom. The Morgan fingerprint density at radius 3 is 2.68 bits per heavy atom. The number of carbonyl (C=O) groups is 1. The molecule has 0 aliphatic rings. The number of nitrogen functional groups attached to an aromatic ring is 1. The molecule has 1 aromatic carbocycles. The van der Waals surface area contributed by atoms with Gasteiger partial charge >= 0.3 is 0 Å². The fraction of sp³-hybridized carbons (Fsp3) is 0.0714. The third-order valence-corrected chi connectivity index (χ3v) is 4.47. The van der Waals surface area contributed by atoms with Crippen LogP contribution in [-0.4, -0.2) is 25.2 Å². The molecule has 0 saturated carbocycles. The number of rotatable bonds is 6. The van der Waals surface area contributed by atoms with Crippen LogP contribution in [0, 0.1) is 14.9 Å². The lowest BCUT2D eigenvalue weighted by Crippen LogP contribution is -2.14. The van der Waals surface area contributed by atoms with Gasteiger partial charge in [-0.3, -0.25) is 20.3 Å². The SMILES string of the molecule is Nc1nn(CC(=O)c2ccc([N+](=O)[O-])cc2)c(=S)n1Nc1cccs1. The van der Waals surface area contributed by atoms with Gasteiger partial charge in [-0.25, -0.2) is 4.68 Å². The maximum Gasteiger partial charge on any atom is 0.269 e. The van der Waals surface area contributed by atoms with E-state index in [0.29, 0.717) is 5.56 Å². The summed E-state index contributed by atoms with van der Waals surface area (Å²) in [6.07, 6.45) is 0. The molecule has 2 heterocycles. The zero-order valence-corrected chi connectivity index (χ0v) is 14.3. The first-order valence-electron chi connectivity index (χ1n) is 6.99. The standard InChI is InChI=1S/C14H12N6O3S2/c15-13-17-18(14(24)19(13)16-12-2-1-7-25-12)8-11(21)9-3-5-10(6-4-9)20(22)23/h1-7,16H,8H2,(H2,15,17). The second kappa shape index (κ2) is 6.83. The van der Waals surface area contributed by atoms with Crippen molar-refractivity contribution in [3.05, 3.63) is 62.2 Å². The second-order valence-corrected chi connectivity index (χ2v) is 6.26. The van der Waals surface area contributed by atoms with E-state index in [1.54, 1.807) is 0 Å². The molecular formula is C14H12N6O3S2. The van der Waals surface area contributed by atoms with E-state index < -0.39 is 4.92 Å². The second-order valence-electron chi connectivity index (χ2n) is 4.95. The van der Waals surface area contributed by atoms with E-state index in [2.05, 4.69) is 10.5 Å². The van der Waals surface area contributed by atoms with Gasteiger partial charge in [0.1, 0.15) is 11.5 Å². The number of aromatic nitrogens is 3. The maximum absolute atomic E-state index is 12.3. The number of non-ortho nitro benzene ring substituents is 1. The number of anilines is 2. The lowest BCUT2D eigenvalue weighted by molar-refractivity contribution is -0.384. The van der Waals surface area contributed by atoms with Crippen LogP contribution in [0.25, 0.3) is 0 Å². The summed E-state index contributed by atoms with van der Waals surface area (Å²) < 4.78 is 2.94. The van der Waals surface area contributed by atoms with Gasteiger partial charge in [-0.05, 0) is 41.9 Å². The Kier molecular flexibility index (Phi) is 4.59. The van der Waals surface area contributed by atoms with Crippen LogP contribution in [0.2, 0.25) is 0 Å². The Labute approximate surface area is 150 Å². The quantitative estimate of drug-likeness (QED) is 0.294. The monoisotopic (exact) mass is 376 g/mol. The number of nitro benzene ring substituents is 1. The van der Waals surface area contributed by atoms with Crippen molar-refractivity contribution in [2.75, 3.05) is 11.2 Å². The topological polar surface area (TPSA) is 121 Å². The molecule has 2 aromatic heterocycles. The minimum Gasteiger partial charge on any atom is -0.366 e. The van der Waals surface area contributed by atoms with E-state index in [1.807, 2.05) is 17.5 Å². The van der Waals surface area contributed by atoms with Crippen LogP contribution in [0.3, 0.4) is 0 Å². The number of nitrogens with one attached hydrogen (secondary N) is 1. The van der Waals surface area contributed by atoms with Crippen LogP contribution in [0.15, 0.2) is 41.8 Å². The average molecular weight is 376 g/mol. The van der Waals surface area contributed by atoms with E-state index in [-0.39, 0.29) is 28.7 Å². The van der Waals surface area contributed by atoms with Crippen molar-refractivity contribution in [1.82, 2.24) is 14.5 Å². The van der Waals surface area contributed by atoms with Gasteiger partial charge in [-0.1, -0.05) is 0 Å². The highest BCUT2D eigenvalue weighted by atomic mass is 32.1. The number of hydrogen-bond acceptors (Lipinski definition) is 8. The summed E-state index contributed by atoms with van der Waals surface area (Å²) in [4.78, 5) is 22.5. The van der Waals surface area contributed by atoms with E-state index in [4.69, 9.17) is 18.0 Å². The van der Waals surface area contributed by atoms with E-state index in [0.717, 1.165) is 5.00 Å². The number of benzene rings is 1. The lowest BCUT2D eigenvalue weighted by atomic mass is 10.1. The molecule has 11 heteroatoms. The molecule has 3 aromatic rings. The molecule has 0 aliphatic carbocycles. The highest BCUT2D eigenvalue weighted by Crippen LogP contribution is 2.17. The fourth-order valence-electron chi connectivity index (χ4n) is 2.08. The molecule has 0 radical (unpaired) electrons. The minimum absolute atomic E-state index is 0.0816. The first-order valence-corrected chi connectivity index (χ1v) is 8.28. The molecule has 0 atom stereocenters. The number of nitrogens with zero attached hydrogens (tertiary/aromatic N) is 4. The van der Waals surface area contributed by atoms with Gasteiger partial charge in [0.25, 0.3) is 5.69 Å². The van der Waals surface area contributed by atoms with Gasteiger partial charge in [0.15, 0.2) is 5.78 Å². The molecule has 0 saturated heterocycles. The Balaban J connectivity index is 1.79. The number of thiophene rings is 1. The maximum atomic E-state index is 12.3. The van der Waals surface area contributed by atoms with Crippen molar-refractivity contribution < 1.29 is 9.72 Å². The van der Waals surface area contributed by atoms with Crippen molar-refractivity contribution in [1.29, 1.82) is 0 Å². The number of nitrogens with two attached hydrogens (primary N) is 1. The number of Topliss-reactive ketones (excluding diaryl/α,β-unsaturated/α-hetero) is 1. The van der Waals surface area contributed by atoms with Crippen molar-refractivity contribution in [3.8, 4) is 0 Å². The number of hydrogen-bond donors (Lipinski definition) is 2. The summed E-state index contributed by atoms with van der Waals surface area (Å²) in [6, 6.07) is 9.07. The molecule has 9 nitrogen and oxygen atoms in total. The van der Waals surface area contributed by atoms with Gasteiger partial charge in [0.05, 0.1) is 4.92 Å². The predicted octanol–water partition coefficient (Wildman–Crippen LogP) is 2.72. The highest BCUT2D eigenvalue weighted by Gasteiger charge is 2.14. The molecule has 3 N–H and O–H groups in total. The summed E-state index contributed by atoms with van der Waals surface area (Å²) in [7, 11) is 0. The van der Waals surface area contributed by atoms with Crippen LogP contribution in [0.1, 0.15) is 10.4 Å². The number of nitro groups is 1. The number of carbonyl (C=O) groups excluding carboxylic acids is 1. The van der Waals surface area contributed by atoms with Crippen LogP contribution in [-0.2, 0) is 6.54 Å². The summed E-state index contributed by atoms with van der Waals surface area (Å²) in [5, 5.41) is 17.4. The van der Waals surface area contributed by atoms with E-state index in [1.165, 1.54) is 45.0 Å². The van der Waals surface area contributed by atoms with Gasteiger partial charge in [-0.15, -0.1) is 16.4 Å². The van der Waals surface area contributed by atoms with Crippen LogP contribution >= 0.6 is 23.6 Å². The Hall–Kier alpha value is -3.05. The summed E-state index contributed by atoms with van der Waals surface area (Å²) in [5.41, 5.74) is 9.10. The van der Waals surface area contributed by atoms with Gasteiger partial charge in [-0.2, -0.15) is 4.68 Å². The van der Waals surface area contributed by atoms with E-state index in [9.17, 15) is 14.9 Å². The summed E-state index contributed by atoms with van der Waals surface area (Å²) in [6.45, 7) is -0.125. The molecule has 128 valence electrons. The fourth-order valence-corrected chi connectivity index (χ4v) is 2.93. The minimum atomic E-state index is -0.525. The third kappa shape index (κ3) is 3.56. The third-order valence-electron chi connectivity index (χ3n) is 3.30. The summed E-state index contributed by atoms with van der Waals surface area (Å²) in [5.74, 6) is -0.165. The largest absolute Gasteiger partial charge is 0.366 e. The molecule has 0 fully saturated rings. The molecule has 0 aliphatic heterocycles. The van der Waals surface area contributed by atoms with E-state index >= 15 is 0 Å². The molecule has 0 bridgehead atoms. The van der Waals surface area contributed by atoms with Crippen LogP contribution in [0.4, 0.5) is 16.6 Å². The summed E-state index contributed by atoms with van der Waals surface area (Å²) >= 11 is 6.76. The van der Waals surface area contributed by atoms with Gasteiger partial charge in [0.2, 0.25) is 10.7 Å². The molecule has 0 unspecified atom stereocenters. The number of ketones is 1. The smallest absolute Gasteiger partial charge is 0.269 e. The van der Waals surface area contributed by atoms with Gasteiger partial charge in [0, 0.05) is 17.7 Å². The Bertz CT molecular complexity index is 975. The lowest BCUT2D eigenvalue weighted by Gasteiger charge is -2.04. The molecule has 25 heavy (non-hydrogen) atoms. The van der Waals surface area contributed by atoms with Crippen LogP contribution in [0.5, 0.6) is 0 Å². The van der Waals surface area contributed by atoms with Crippen LogP contribution < -0.4 is 11.2 Å². The molecule has 0 amide bonds.